The maximum absolute atomic E-state index is 13.1. The van der Waals surface area contributed by atoms with Crippen LogP contribution in [0.5, 0.6) is 5.75 Å². The lowest BCUT2D eigenvalue weighted by atomic mass is 9.93. The van der Waals surface area contributed by atoms with Gasteiger partial charge in [0.1, 0.15) is 17.7 Å². The monoisotopic (exact) mass is 223 g/mol. The van der Waals surface area contributed by atoms with Crippen molar-refractivity contribution in [3.63, 3.8) is 0 Å². The van der Waals surface area contributed by atoms with Crippen molar-refractivity contribution in [3.05, 3.63) is 29.6 Å². The van der Waals surface area contributed by atoms with Gasteiger partial charge in [-0.3, -0.25) is 0 Å². The van der Waals surface area contributed by atoms with E-state index < -0.39 is 0 Å². The van der Waals surface area contributed by atoms with Crippen molar-refractivity contribution < 1.29 is 9.13 Å². The van der Waals surface area contributed by atoms with Crippen LogP contribution in [0.1, 0.15) is 31.2 Å². The Morgan fingerprint density at radius 1 is 1.38 bits per heavy atom. The first-order valence-electron chi connectivity index (χ1n) is 5.83. The van der Waals surface area contributed by atoms with Gasteiger partial charge in [0, 0.05) is 6.04 Å². The minimum Gasteiger partial charge on any atom is -0.490 e. The molecule has 0 aromatic heterocycles. The summed E-state index contributed by atoms with van der Waals surface area (Å²) in [5.74, 6) is 0.561. The van der Waals surface area contributed by atoms with Crippen LogP contribution in [0.15, 0.2) is 18.2 Å². The molecular formula is C13H18FNO. The van der Waals surface area contributed by atoms with Crippen LogP contribution in [0.25, 0.3) is 0 Å². The van der Waals surface area contributed by atoms with Gasteiger partial charge >= 0.3 is 0 Å². The highest BCUT2D eigenvalue weighted by atomic mass is 19.1. The molecule has 1 aliphatic rings. The molecule has 1 aromatic carbocycles. The van der Waals surface area contributed by atoms with E-state index in [1.807, 2.05) is 0 Å². The largest absolute Gasteiger partial charge is 0.490 e. The Hall–Kier alpha value is -1.09. The lowest BCUT2D eigenvalue weighted by Crippen LogP contribution is -2.33. The fraction of sp³-hybridized carbons (Fsp3) is 0.538. The summed E-state index contributed by atoms with van der Waals surface area (Å²) in [6.45, 7) is 1.74. The molecule has 0 amide bonds. The molecule has 1 aromatic rings. The first-order chi connectivity index (χ1) is 7.65. The van der Waals surface area contributed by atoms with Crippen LogP contribution in [0, 0.1) is 12.7 Å². The number of ether oxygens (including phenoxy) is 1. The summed E-state index contributed by atoms with van der Waals surface area (Å²) in [4.78, 5) is 0. The summed E-state index contributed by atoms with van der Waals surface area (Å²) in [7, 11) is 0. The van der Waals surface area contributed by atoms with E-state index in [1.54, 1.807) is 19.1 Å². The van der Waals surface area contributed by atoms with Crippen LogP contribution in [-0.4, -0.2) is 12.1 Å². The summed E-state index contributed by atoms with van der Waals surface area (Å²) in [5.41, 5.74) is 6.52. The summed E-state index contributed by atoms with van der Waals surface area (Å²) in [6.07, 6.45) is 4.34. The quantitative estimate of drug-likeness (QED) is 0.836. The van der Waals surface area contributed by atoms with Gasteiger partial charge in [0.25, 0.3) is 0 Å². The van der Waals surface area contributed by atoms with E-state index in [1.165, 1.54) is 6.07 Å². The molecule has 1 aliphatic carbocycles. The van der Waals surface area contributed by atoms with Crippen molar-refractivity contribution >= 4 is 0 Å². The van der Waals surface area contributed by atoms with E-state index in [9.17, 15) is 4.39 Å². The molecule has 2 N–H and O–H groups in total. The molecule has 0 radical (unpaired) electrons. The first-order valence-corrected chi connectivity index (χ1v) is 5.83. The second-order valence-electron chi connectivity index (χ2n) is 4.58. The molecule has 16 heavy (non-hydrogen) atoms. The Balaban J connectivity index is 2.00. The molecule has 2 nitrogen and oxygen atoms in total. The lowest BCUT2D eigenvalue weighted by Gasteiger charge is -2.27. The van der Waals surface area contributed by atoms with Crippen molar-refractivity contribution in [3.8, 4) is 5.75 Å². The van der Waals surface area contributed by atoms with Crippen molar-refractivity contribution in [1.29, 1.82) is 0 Å². The van der Waals surface area contributed by atoms with Gasteiger partial charge in [-0.1, -0.05) is 0 Å². The number of aryl methyl sites for hydroxylation is 1. The minimum atomic E-state index is -0.187. The summed E-state index contributed by atoms with van der Waals surface area (Å²) >= 11 is 0. The molecule has 0 heterocycles. The summed E-state index contributed by atoms with van der Waals surface area (Å²) in [6, 6.07) is 5.13. The molecule has 1 saturated carbocycles. The Labute approximate surface area is 95.6 Å². The zero-order valence-corrected chi connectivity index (χ0v) is 9.58. The van der Waals surface area contributed by atoms with Crippen molar-refractivity contribution in [1.82, 2.24) is 0 Å². The standard InChI is InChI=1S/C13H18FNO/c1-9-7-12(5-6-13(9)14)16-11-4-2-3-10(15)8-11/h5-7,10-11H,2-4,8,15H2,1H3. The van der Waals surface area contributed by atoms with E-state index in [0.717, 1.165) is 31.4 Å². The van der Waals surface area contributed by atoms with Gasteiger partial charge in [-0.05, 0) is 56.4 Å². The van der Waals surface area contributed by atoms with E-state index in [-0.39, 0.29) is 18.0 Å². The highest BCUT2D eigenvalue weighted by molar-refractivity contribution is 5.29. The minimum absolute atomic E-state index is 0.187. The zero-order chi connectivity index (χ0) is 11.5. The Morgan fingerprint density at radius 2 is 2.19 bits per heavy atom. The Morgan fingerprint density at radius 3 is 2.88 bits per heavy atom. The number of rotatable bonds is 2. The van der Waals surface area contributed by atoms with Gasteiger partial charge in [0.15, 0.2) is 0 Å². The fourth-order valence-corrected chi connectivity index (χ4v) is 2.17. The highest BCUT2D eigenvalue weighted by Gasteiger charge is 2.20. The fourth-order valence-electron chi connectivity index (χ4n) is 2.17. The number of hydrogen-bond donors (Lipinski definition) is 1. The van der Waals surface area contributed by atoms with Crippen LogP contribution in [-0.2, 0) is 0 Å². The molecule has 3 heteroatoms. The molecule has 2 rings (SSSR count). The van der Waals surface area contributed by atoms with E-state index in [2.05, 4.69) is 0 Å². The lowest BCUT2D eigenvalue weighted by molar-refractivity contribution is 0.144. The topological polar surface area (TPSA) is 35.2 Å². The number of nitrogens with two attached hydrogens (primary N) is 1. The molecule has 2 unspecified atom stereocenters. The highest BCUT2D eigenvalue weighted by Crippen LogP contribution is 2.24. The van der Waals surface area contributed by atoms with Gasteiger partial charge in [0.2, 0.25) is 0 Å². The maximum Gasteiger partial charge on any atom is 0.126 e. The summed E-state index contributed by atoms with van der Waals surface area (Å²) < 4.78 is 18.9. The van der Waals surface area contributed by atoms with E-state index >= 15 is 0 Å². The van der Waals surface area contributed by atoms with Crippen LogP contribution in [0.2, 0.25) is 0 Å². The SMILES string of the molecule is Cc1cc(OC2CCCC(N)C2)ccc1F. The Bertz CT molecular complexity index is 367. The molecule has 0 spiro atoms. The van der Waals surface area contributed by atoms with E-state index in [4.69, 9.17) is 10.5 Å². The van der Waals surface area contributed by atoms with Crippen LogP contribution in [0.3, 0.4) is 0 Å². The average Bonchev–Trinajstić information content (AvgIpc) is 2.24. The second-order valence-corrected chi connectivity index (χ2v) is 4.58. The number of benzene rings is 1. The van der Waals surface area contributed by atoms with Gasteiger partial charge in [-0.15, -0.1) is 0 Å². The third-order valence-corrected chi connectivity index (χ3v) is 3.10. The molecule has 88 valence electrons. The van der Waals surface area contributed by atoms with Crippen LogP contribution < -0.4 is 10.5 Å². The number of hydrogen-bond acceptors (Lipinski definition) is 2. The Kier molecular flexibility index (Phi) is 3.44. The average molecular weight is 223 g/mol. The third kappa shape index (κ3) is 2.73. The predicted octanol–water partition coefficient (Wildman–Crippen LogP) is 2.78. The molecule has 2 atom stereocenters. The maximum atomic E-state index is 13.1. The van der Waals surface area contributed by atoms with Gasteiger partial charge < -0.3 is 10.5 Å². The number of halogens is 1. The molecule has 0 bridgehead atoms. The third-order valence-electron chi connectivity index (χ3n) is 3.10. The smallest absolute Gasteiger partial charge is 0.126 e. The molecule has 0 saturated heterocycles. The normalized spacial score (nSPS) is 25.4. The van der Waals surface area contributed by atoms with Gasteiger partial charge in [0.05, 0.1) is 0 Å². The molecular weight excluding hydrogens is 205 g/mol. The van der Waals surface area contributed by atoms with Crippen LogP contribution in [0.4, 0.5) is 4.39 Å². The molecule has 0 aliphatic heterocycles. The first kappa shape index (κ1) is 11.4. The van der Waals surface area contributed by atoms with Crippen molar-refractivity contribution in [2.75, 3.05) is 0 Å². The van der Waals surface area contributed by atoms with Crippen molar-refractivity contribution in [2.45, 2.75) is 44.8 Å². The zero-order valence-electron chi connectivity index (χ0n) is 9.58. The van der Waals surface area contributed by atoms with Gasteiger partial charge in [-0.2, -0.15) is 0 Å². The summed E-state index contributed by atoms with van der Waals surface area (Å²) in [5, 5.41) is 0. The van der Waals surface area contributed by atoms with Gasteiger partial charge in [-0.25, -0.2) is 4.39 Å². The van der Waals surface area contributed by atoms with Crippen LogP contribution >= 0.6 is 0 Å². The second kappa shape index (κ2) is 4.83. The van der Waals surface area contributed by atoms with E-state index in [0.29, 0.717) is 5.56 Å². The molecule has 1 fully saturated rings. The van der Waals surface area contributed by atoms with Crippen molar-refractivity contribution in [2.24, 2.45) is 5.73 Å². The predicted molar refractivity (Wildman–Crippen MR) is 62.0 cm³/mol.